The molecule has 0 spiro atoms. The summed E-state index contributed by atoms with van der Waals surface area (Å²) in [5.41, 5.74) is 2.68. The summed E-state index contributed by atoms with van der Waals surface area (Å²) in [5, 5.41) is 13.0. The highest BCUT2D eigenvalue weighted by molar-refractivity contribution is 6.42. The number of carbonyl (C=O) groups excluding carboxylic acids is 1. The first-order valence-corrected chi connectivity index (χ1v) is 10.7. The van der Waals surface area contributed by atoms with Gasteiger partial charge < -0.3 is 10.1 Å². The first-order chi connectivity index (χ1) is 15.4. The maximum absolute atomic E-state index is 12.5. The second-order valence-corrected chi connectivity index (χ2v) is 8.28. The second kappa shape index (κ2) is 9.65. The lowest BCUT2D eigenvalue weighted by Gasteiger charge is -2.07. The third-order valence-electron chi connectivity index (χ3n) is 4.59. The number of anilines is 1. The number of ether oxygens (including phenoxy) is 1. The van der Waals surface area contributed by atoms with Gasteiger partial charge in [0.1, 0.15) is 5.75 Å². The van der Waals surface area contributed by atoms with E-state index >= 15 is 0 Å². The molecule has 0 fully saturated rings. The van der Waals surface area contributed by atoms with E-state index in [-0.39, 0.29) is 18.3 Å². The fourth-order valence-corrected chi connectivity index (χ4v) is 3.38. The van der Waals surface area contributed by atoms with Gasteiger partial charge in [0.2, 0.25) is 0 Å². The first-order valence-electron chi connectivity index (χ1n) is 9.57. The van der Waals surface area contributed by atoms with Gasteiger partial charge in [-0.15, -0.1) is 0 Å². The highest BCUT2D eigenvalue weighted by Crippen LogP contribution is 2.23. The van der Waals surface area contributed by atoms with E-state index in [1.807, 2.05) is 19.1 Å². The van der Waals surface area contributed by atoms with Crippen LogP contribution in [0.25, 0.3) is 0 Å². The smallest absolute Gasteiger partial charge is 0.276 e. The molecule has 0 atom stereocenters. The largest absolute Gasteiger partial charge is 0.471 e. The molecule has 4 aromatic rings. The van der Waals surface area contributed by atoms with Crippen molar-refractivity contribution in [1.29, 1.82) is 0 Å². The van der Waals surface area contributed by atoms with Crippen LogP contribution in [-0.2, 0) is 13.3 Å². The highest BCUT2D eigenvalue weighted by atomic mass is 35.5. The Morgan fingerprint density at radius 3 is 2.62 bits per heavy atom. The molecular formula is C22H18Cl3N5O2. The van der Waals surface area contributed by atoms with E-state index in [9.17, 15) is 4.79 Å². The molecule has 0 saturated carbocycles. The van der Waals surface area contributed by atoms with E-state index in [1.165, 1.54) is 4.68 Å². The molecule has 164 valence electrons. The fraction of sp³-hybridized carbons (Fsp3) is 0.136. The molecule has 7 nitrogen and oxygen atoms in total. The molecule has 0 saturated heterocycles. The van der Waals surface area contributed by atoms with Gasteiger partial charge in [-0.25, -0.2) is 4.68 Å². The number of rotatable bonds is 7. The summed E-state index contributed by atoms with van der Waals surface area (Å²) in [6.45, 7) is 2.55. The molecule has 0 unspecified atom stereocenters. The Morgan fingerprint density at radius 2 is 1.84 bits per heavy atom. The van der Waals surface area contributed by atoms with Crippen molar-refractivity contribution in [2.24, 2.45) is 0 Å². The Labute approximate surface area is 199 Å². The summed E-state index contributed by atoms with van der Waals surface area (Å²) in [7, 11) is 0. The van der Waals surface area contributed by atoms with Crippen LogP contribution in [0.4, 0.5) is 5.69 Å². The van der Waals surface area contributed by atoms with Crippen LogP contribution >= 0.6 is 34.8 Å². The van der Waals surface area contributed by atoms with E-state index in [2.05, 4.69) is 15.5 Å². The Balaban J connectivity index is 1.33. The number of carbonyl (C=O) groups is 1. The number of nitrogens with zero attached hydrogens (tertiary/aromatic N) is 4. The summed E-state index contributed by atoms with van der Waals surface area (Å²) >= 11 is 18.0. The summed E-state index contributed by atoms with van der Waals surface area (Å²) in [5.74, 6) is 0.322. The molecule has 0 aliphatic rings. The normalized spacial score (nSPS) is 10.9. The van der Waals surface area contributed by atoms with E-state index in [1.54, 1.807) is 53.6 Å². The molecular weight excluding hydrogens is 473 g/mol. The van der Waals surface area contributed by atoms with Crippen LogP contribution < -0.4 is 10.1 Å². The van der Waals surface area contributed by atoms with Gasteiger partial charge in [0, 0.05) is 17.4 Å². The van der Waals surface area contributed by atoms with Crippen molar-refractivity contribution < 1.29 is 9.53 Å². The minimum atomic E-state index is -0.347. The lowest BCUT2D eigenvalue weighted by atomic mass is 10.2. The van der Waals surface area contributed by atoms with Crippen molar-refractivity contribution in [3.8, 4) is 5.75 Å². The predicted molar refractivity (Wildman–Crippen MR) is 125 cm³/mol. The Hall–Kier alpha value is -3.00. The molecule has 10 heteroatoms. The zero-order valence-corrected chi connectivity index (χ0v) is 19.2. The van der Waals surface area contributed by atoms with Gasteiger partial charge in [-0.05, 0) is 54.4 Å². The van der Waals surface area contributed by atoms with Crippen molar-refractivity contribution >= 4 is 46.4 Å². The maximum Gasteiger partial charge on any atom is 0.276 e. The molecule has 1 N–H and O–H groups in total. The third kappa shape index (κ3) is 5.43. The summed E-state index contributed by atoms with van der Waals surface area (Å²) in [6.07, 6.45) is 4.97. The zero-order valence-electron chi connectivity index (χ0n) is 16.9. The van der Waals surface area contributed by atoms with Crippen LogP contribution in [0.2, 0.25) is 15.1 Å². The van der Waals surface area contributed by atoms with Crippen molar-refractivity contribution in [1.82, 2.24) is 19.6 Å². The topological polar surface area (TPSA) is 74.0 Å². The Bertz CT molecular complexity index is 1270. The summed E-state index contributed by atoms with van der Waals surface area (Å²) in [6, 6.07) is 12.4. The van der Waals surface area contributed by atoms with Gasteiger partial charge in [0.15, 0.2) is 12.4 Å². The number of hydrogen-bond donors (Lipinski definition) is 1. The first kappa shape index (κ1) is 22.2. The third-order valence-corrected chi connectivity index (χ3v) is 5.75. The highest BCUT2D eigenvalue weighted by Gasteiger charge is 2.12. The standard InChI is InChI=1S/C22H18Cl3N5O2/c1-14-8-17(3-5-18(14)23)32-13-29-7-6-21(28-29)22(31)27-16-10-26-30(12-16)11-15-2-4-19(24)20(25)9-15/h2-10,12H,11,13H2,1H3,(H,27,31). The number of benzene rings is 2. The van der Waals surface area contributed by atoms with Gasteiger partial charge in [-0.1, -0.05) is 40.9 Å². The monoisotopic (exact) mass is 489 g/mol. The average Bonchev–Trinajstić information content (AvgIpc) is 3.41. The second-order valence-electron chi connectivity index (χ2n) is 7.05. The summed E-state index contributed by atoms with van der Waals surface area (Å²) in [4.78, 5) is 12.5. The number of amides is 1. The van der Waals surface area contributed by atoms with Gasteiger partial charge in [-0.2, -0.15) is 10.2 Å². The lowest BCUT2D eigenvalue weighted by molar-refractivity contribution is 0.102. The van der Waals surface area contributed by atoms with E-state index in [4.69, 9.17) is 39.5 Å². The minimum Gasteiger partial charge on any atom is -0.471 e. The quantitative estimate of drug-likeness (QED) is 0.361. The molecule has 2 aromatic carbocycles. The number of halogens is 3. The SMILES string of the molecule is Cc1cc(OCn2ccc(C(=O)Nc3cnn(Cc4ccc(Cl)c(Cl)c4)c3)n2)ccc1Cl. The predicted octanol–water partition coefficient (Wildman–Crippen LogP) is 5.69. The van der Waals surface area contributed by atoms with E-state index in [0.717, 1.165) is 11.1 Å². The van der Waals surface area contributed by atoms with E-state index in [0.29, 0.717) is 33.0 Å². The molecule has 0 aliphatic heterocycles. The molecule has 32 heavy (non-hydrogen) atoms. The zero-order chi connectivity index (χ0) is 22.7. The van der Waals surface area contributed by atoms with Crippen LogP contribution in [0.1, 0.15) is 21.6 Å². The molecule has 2 aromatic heterocycles. The van der Waals surface area contributed by atoms with Gasteiger partial charge in [-0.3, -0.25) is 9.48 Å². The summed E-state index contributed by atoms with van der Waals surface area (Å²) < 4.78 is 8.92. The van der Waals surface area contributed by atoms with Gasteiger partial charge in [0.05, 0.1) is 28.5 Å². The van der Waals surface area contributed by atoms with Crippen molar-refractivity contribution in [2.75, 3.05) is 5.32 Å². The maximum atomic E-state index is 12.5. The molecule has 2 heterocycles. The molecule has 0 bridgehead atoms. The van der Waals surface area contributed by atoms with Crippen LogP contribution in [0, 0.1) is 6.92 Å². The van der Waals surface area contributed by atoms with E-state index < -0.39 is 0 Å². The number of hydrogen-bond acceptors (Lipinski definition) is 4. The molecule has 1 amide bonds. The van der Waals surface area contributed by atoms with Crippen LogP contribution in [0.15, 0.2) is 61.1 Å². The Morgan fingerprint density at radius 1 is 1.03 bits per heavy atom. The fourth-order valence-electron chi connectivity index (χ4n) is 2.94. The van der Waals surface area contributed by atoms with Crippen molar-refractivity contribution in [2.45, 2.75) is 20.2 Å². The van der Waals surface area contributed by atoms with Crippen molar-refractivity contribution in [3.63, 3.8) is 0 Å². The van der Waals surface area contributed by atoms with Crippen LogP contribution in [0.3, 0.4) is 0 Å². The van der Waals surface area contributed by atoms with Gasteiger partial charge in [0.25, 0.3) is 5.91 Å². The molecule has 4 rings (SSSR count). The van der Waals surface area contributed by atoms with Crippen LogP contribution in [-0.4, -0.2) is 25.5 Å². The number of aryl methyl sites for hydroxylation is 1. The Kier molecular flexibility index (Phi) is 6.69. The van der Waals surface area contributed by atoms with Crippen LogP contribution in [0.5, 0.6) is 5.75 Å². The number of aromatic nitrogens is 4. The molecule has 0 aliphatic carbocycles. The lowest BCUT2D eigenvalue weighted by Crippen LogP contribution is -2.14. The average molecular weight is 491 g/mol. The number of nitrogens with one attached hydrogen (secondary N) is 1. The van der Waals surface area contributed by atoms with Crippen molar-refractivity contribution in [3.05, 3.63) is 92.9 Å². The van der Waals surface area contributed by atoms with Gasteiger partial charge >= 0.3 is 0 Å². The minimum absolute atomic E-state index is 0.163. The molecule has 0 radical (unpaired) electrons.